The third kappa shape index (κ3) is 42.4. The molecule has 107 heavy (non-hydrogen) atoms. The van der Waals surface area contributed by atoms with E-state index in [4.69, 9.17) is 28.4 Å². The van der Waals surface area contributed by atoms with E-state index in [9.17, 15) is 75.7 Å². The van der Waals surface area contributed by atoms with Crippen LogP contribution in [0.1, 0.15) is 367 Å². The van der Waals surface area contributed by atoms with Crippen LogP contribution >= 0.6 is 0 Å². The number of unbranched alkanes of at least 4 members (excludes halogenated alkanes) is 50. The van der Waals surface area contributed by atoms with E-state index < -0.39 is 155 Å². The van der Waals surface area contributed by atoms with E-state index in [0.29, 0.717) is 12.8 Å². The molecule has 3 heterocycles. The molecule has 0 aromatic carbocycles. The molecule has 0 aliphatic carbocycles. The molecule has 0 spiro atoms. The average Bonchev–Trinajstić information content (AvgIpc) is 0.754. The molecule has 630 valence electrons. The van der Waals surface area contributed by atoms with E-state index in [2.05, 4.69) is 24.5 Å². The van der Waals surface area contributed by atoms with Crippen molar-refractivity contribution in [2.24, 2.45) is 0 Å². The first-order valence-electron chi connectivity index (χ1n) is 43.6. The van der Waals surface area contributed by atoms with Gasteiger partial charge >= 0.3 is 5.97 Å². The molecule has 23 heteroatoms. The summed E-state index contributed by atoms with van der Waals surface area (Å²) in [5.74, 6) is -6.13. The summed E-state index contributed by atoms with van der Waals surface area (Å²) in [6, 6.07) is -2.62. The van der Waals surface area contributed by atoms with Gasteiger partial charge in [0.05, 0.1) is 50.7 Å². The predicted octanol–water partition coefficient (Wildman–Crippen LogP) is 12.9. The minimum Gasteiger partial charge on any atom is -0.477 e. The zero-order valence-corrected chi connectivity index (χ0v) is 67.0. The summed E-state index contributed by atoms with van der Waals surface area (Å²) in [6.45, 7) is 2.21. The monoisotopic (exact) mass is 1530 g/mol. The van der Waals surface area contributed by atoms with Crippen LogP contribution in [0.3, 0.4) is 0 Å². The fourth-order valence-corrected chi connectivity index (χ4v) is 15.4. The number of hydrogen-bond donors (Lipinski definition) is 14. The second kappa shape index (κ2) is 62.9. The zero-order chi connectivity index (χ0) is 78.1. The Morgan fingerprint density at radius 2 is 0.869 bits per heavy atom. The lowest BCUT2D eigenvalue weighted by molar-refractivity contribution is -0.386. The Kier molecular flexibility index (Phi) is 58.0. The van der Waals surface area contributed by atoms with Crippen molar-refractivity contribution in [3.63, 3.8) is 0 Å². The number of hydrogen-bond acceptors (Lipinski definition) is 20. The van der Waals surface area contributed by atoms with E-state index in [0.717, 1.165) is 51.9 Å². The number of carboxylic acids is 1. The van der Waals surface area contributed by atoms with E-state index in [1.54, 1.807) is 6.08 Å². The number of carboxylic acid groups (broad SMARTS) is 1. The van der Waals surface area contributed by atoms with Crippen molar-refractivity contribution in [2.75, 3.05) is 26.4 Å². The Morgan fingerprint density at radius 3 is 1.24 bits per heavy atom. The molecular weight excluding hydrogens is 1370 g/mol. The Morgan fingerprint density at radius 1 is 0.486 bits per heavy atom. The summed E-state index contributed by atoms with van der Waals surface area (Å²) in [4.78, 5) is 38.8. The van der Waals surface area contributed by atoms with Crippen LogP contribution in [0.25, 0.3) is 0 Å². The summed E-state index contributed by atoms with van der Waals surface area (Å²) >= 11 is 0. The molecule has 0 aromatic heterocycles. The van der Waals surface area contributed by atoms with Crippen molar-refractivity contribution in [1.29, 1.82) is 0 Å². The van der Waals surface area contributed by atoms with Gasteiger partial charge in [0.25, 0.3) is 5.79 Å². The van der Waals surface area contributed by atoms with Gasteiger partial charge in [-0.3, -0.25) is 9.59 Å². The summed E-state index contributed by atoms with van der Waals surface area (Å²) in [5, 5.41) is 137. The third-order valence-corrected chi connectivity index (χ3v) is 22.2. The van der Waals surface area contributed by atoms with Crippen LogP contribution in [-0.2, 0) is 42.8 Å². The van der Waals surface area contributed by atoms with Gasteiger partial charge in [-0.1, -0.05) is 341 Å². The van der Waals surface area contributed by atoms with Crippen molar-refractivity contribution in [3.05, 3.63) is 12.2 Å². The Labute approximate surface area is 645 Å². The van der Waals surface area contributed by atoms with E-state index >= 15 is 0 Å². The summed E-state index contributed by atoms with van der Waals surface area (Å²) in [7, 11) is 0. The van der Waals surface area contributed by atoms with Gasteiger partial charge in [0.2, 0.25) is 11.8 Å². The molecule has 3 rings (SSSR count). The highest BCUT2D eigenvalue weighted by atomic mass is 16.8. The van der Waals surface area contributed by atoms with E-state index in [1.807, 2.05) is 6.08 Å². The minimum absolute atomic E-state index is 0.206. The highest BCUT2D eigenvalue weighted by molar-refractivity contribution is 5.77. The minimum atomic E-state index is -3.08. The van der Waals surface area contributed by atoms with Crippen LogP contribution < -0.4 is 10.6 Å². The number of aliphatic hydroxyl groups is 11. The number of ether oxygens (including phenoxy) is 6. The molecule has 18 atom stereocenters. The quantitative estimate of drug-likeness (QED) is 0.0199. The van der Waals surface area contributed by atoms with Gasteiger partial charge in [-0.25, -0.2) is 4.79 Å². The third-order valence-electron chi connectivity index (χ3n) is 22.2. The standard InChI is InChI=1S/C84H158N2O21/c1-4-6-8-10-12-14-16-18-20-22-24-26-28-29-30-31-32-33-34-35-36-38-40-42-44-46-48-50-52-54-56-58-71(94)86-65(66(91)57-55-53-51-49-47-45-43-41-39-37-27-25-23-21-19-17-15-13-11-9-7-5-2)63-102-81-76(98)75(97)78(70(62-89)104-81)105-82-77(99)80(74(96)69(61-88)103-82)107-84(83(100)101)59-67(92)72(85-64(3)90)79(106-84)73(95)68(93)60-87/h55,57,65-70,72-82,87-89,91-93,95-99H,4-54,56,58-63H2,1-3H3,(H,85,90)(H,86,94)(H,100,101)/b57-55+. The Bertz CT molecular complexity index is 2170. The van der Waals surface area contributed by atoms with Crippen LogP contribution in [0.5, 0.6) is 0 Å². The zero-order valence-electron chi connectivity index (χ0n) is 67.0. The number of aliphatic carboxylic acids is 1. The topological polar surface area (TPSA) is 373 Å². The highest BCUT2D eigenvalue weighted by Crippen LogP contribution is 2.39. The molecule has 23 nitrogen and oxygen atoms in total. The van der Waals surface area contributed by atoms with E-state index in [-0.39, 0.29) is 12.3 Å². The van der Waals surface area contributed by atoms with Gasteiger partial charge in [-0.2, -0.15) is 0 Å². The van der Waals surface area contributed by atoms with Crippen molar-refractivity contribution >= 4 is 17.8 Å². The second-order valence-electron chi connectivity index (χ2n) is 31.8. The highest BCUT2D eigenvalue weighted by Gasteiger charge is 2.60. The van der Waals surface area contributed by atoms with Gasteiger partial charge in [-0.05, 0) is 19.3 Å². The Hall–Kier alpha value is -2.53. The number of aliphatic hydroxyl groups excluding tert-OH is 11. The first kappa shape index (κ1) is 98.7. The molecule has 0 aromatic rings. The molecule has 3 aliphatic heterocycles. The number of amides is 2. The summed E-state index contributed by atoms with van der Waals surface area (Å²) in [6.07, 6.45) is 41.1. The molecule has 0 saturated carbocycles. The molecule has 0 bridgehead atoms. The first-order chi connectivity index (χ1) is 51.9. The number of allylic oxidation sites excluding steroid dienone is 1. The number of carbonyl (C=O) groups is 3. The summed E-state index contributed by atoms with van der Waals surface area (Å²) < 4.78 is 35.0. The van der Waals surface area contributed by atoms with E-state index in [1.165, 1.54) is 276 Å². The van der Waals surface area contributed by atoms with Crippen LogP contribution in [0.15, 0.2) is 12.2 Å². The molecule has 3 aliphatic rings. The molecular formula is C84H158N2O21. The molecule has 3 saturated heterocycles. The second-order valence-corrected chi connectivity index (χ2v) is 31.8. The van der Waals surface area contributed by atoms with Gasteiger partial charge in [0.1, 0.15) is 67.1 Å². The number of rotatable bonds is 70. The molecule has 0 radical (unpaired) electrons. The maximum atomic E-state index is 13.6. The lowest BCUT2D eigenvalue weighted by atomic mass is 9.88. The average molecular weight is 1530 g/mol. The first-order valence-corrected chi connectivity index (χ1v) is 43.6. The van der Waals surface area contributed by atoms with Gasteiger partial charge in [0.15, 0.2) is 12.6 Å². The Balaban J connectivity index is 1.47. The fraction of sp³-hybridized carbons (Fsp3) is 0.940. The molecule has 2 amide bonds. The predicted molar refractivity (Wildman–Crippen MR) is 417 cm³/mol. The maximum absolute atomic E-state index is 13.6. The number of nitrogens with one attached hydrogen (secondary N) is 2. The fourth-order valence-electron chi connectivity index (χ4n) is 15.4. The molecule has 3 fully saturated rings. The van der Waals surface area contributed by atoms with Crippen LogP contribution in [0, 0.1) is 0 Å². The SMILES string of the molecule is CCCCCCCCCCCCCCCCCCCCCC/C=C/C(O)C(COC1OC(CO)C(OC2OC(CO)C(O)C(OC3(C(=O)O)CC(O)C(NC(C)=O)C(C(O)C(O)CO)O3)C2O)C(O)C1O)NC(=O)CCCCCCCCCCCCCCCCCCCCCCCCCCCCCCCCC. The van der Waals surface area contributed by atoms with Gasteiger partial charge in [-0.15, -0.1) is 0 Å². The summed E-state index contributed by atoms with van der Waals surface area (Å²) in [5.41, 5.74) is 0. The van der Waals surface area contributed by atoms with Crippen molar-refractivity contribution < 1.29 is 104 Å². The lowest BCUT2D eigenvalue weighted by Gasteiger charge is -2.50. The van der Waals surface area contributed by atoms with Crippen molar-refractivity contribution in [2.45, 2.75) is 477 Å². The lowest BCUT2D eigenvalue weighted by Crippen LogP contribution is -2.70. The van der Waals surface area contributed by atoms with Crippen LogP contribution in [-0.4, -0.2) is 215 Å². The van der Waals surface area contributed by atoms with Crippen molar-refractivity contribution in [1.82, 2.24) is 10.6 Å². The number of carbonyl (C=O) groups excluding carboxylic acids is 2. The smallest absolute Gasteiger partial charge is 0.364 e. The maximum Gasteiger partial charge on any atom is 0.364 e. The molecule has 14 N–H and O–H groups in total. The largest absolute Gasteiger partial charge is 0.477 e. The van der Waals surface area contributed by atoms with Crippen LogP contribution in [0.4, 0.5) is 0 Å². The van der Waals surface area contributed by atoms with Crippen LogP contribution in [0.2, 0.25) is 0 Å². The van der Waals surface area contributed by atoms with Gasteiger partial charge < -0.3 is 100 Å². The molecule has 18 unspecified atom stereocenters. The van der Waals surface area contributed by atoms with Gasteiger partial charge in [0, 0.05) is 19.8 Å². The normalized spacial score (nSPS) is 26.0. The van der Waals surface area contributed by atoms with Crippen molar-refractivity contribution in [3.8, 4) is 0 Å².